The molecule has 0 aliphatic rings. The number of hydrogen-bond donors (Lipinski definition) is 2. The van der Waals surface area contributed by atoms with Crippen LogP contribution in [0.15, 0.2) is 28.5 Å². The largest absolute Gasteiger partial charge is 0.330 e. The molecule has 2 heterocycles. The molecule has 2 rings (SSSR count). The Kier molecular flexibility index (Phi) is 5.22. The van der Waals surface area contributed by atoms with E-state index in [1.807, 2.05) is 6.07 Å². The SMILES string of the molecule is CC(NS(=O)(=O)c1ccc(CCN)s1)c1ccc(Cl)s1. The third kappa shape index (κ3) is 3.81. The van der Waals surface area contributed by atoms with Crippen molar-refractivity contribution in [3.8, 4) is 0 Å². The summed E-state index contributed by atoms with van der Waals surface area (Å²) in [5.74, 6) is 0. The molecule has 4 nitrogen and oxygen atoms in total. The molecule has 0 amide bonds. The second-order valence-corrected chi connectivity index (χ2v) is 9.10. The molecule has 0 spiro atoms. The average Bonchev–Trinajstić information content (AvgIpc) is 2.98. The summed E-state index contributed by atoms with van der Waals surface area (Å²) < 4.78 is 28.2. The van der Waals surface area contributed by atoms with Crippen LogP contribution < -0.4 is 10.5 Å². The van der Waals surface area contributed by atoms with Gasteiger partial charge in [-0.05, 0) is 44.2 Å². The first kappa shape index (κ1) is 15.9. The van der Waals surface area contributed by atoms with Gasteiger partial charge in [-0.15, -0.1) is 22.7 Å². The van der Waals surface area contributed by atoms with Crippen LogP contribution in [-0.2, 0) is 16.4 Å². The fourth-order valence-corrected chi connectivity index (χ4v) is 5.44. The van der Waals surface area contributed by atoms with Gasteiger partial charge in [0.1, 0.15) is 4.21 Å². The zero-order valence-electron chi connectivity index (χ0n) is 10.8. The Balaban J connectivity index is 2.13. The van der Waals surface area contributed by atoms with E-state index in [0.717, 1.165) is 9.75 Å². The van der Waals surface area contributed by atoms with Crippen molar-refractivity contribution >= 4 is 44.3 Å². The molecule has 3 N–H and O–H groups in total. The average molecular weight is 351 g/mol. The Bertz CT molecular complexity index is 678. The van der Waals surface area contributed by atoms with Gasteiger partial charge < -0.3 is 5.73 Å². The molecule has 2 aromatic heterocycles. The molecular weight excluding hydrogens is 336 g/mol. The van der Waals surface area contributed by atoms with Gasteiger partial charge in [-0.25, -0.2) is 13.1 Å². The minimum absolute atomic E-state index is 0.308. The minimum Gasteiger partial charge on any atom is -0.330 e. The maximum absolute atomic E-state index is 12.3. The summed E-state index contributed by atoms with van der Waals surface area (Å²) in [6.07, 6.45) is 0.691. The van der Waals surface area contributed by atoms with Gasteiger partial charge in [-0.3, -0.25) is 0 Å². The molecule has 0 fully saturated rings. The Morgan fingerprint density at radius 3 is 2.65 bits per heavy atom. The van der Waals surface area contributed by atoms with Crippen LogP contribution >= 0.6 is 34.3 Å². The van der Waals surface area contributed by atoms with E-state index >= 15 is 0 Å². The molecule has 0 aliphatic heterocycles. The van der Waals surface area contributed by atoms with Crippen LogP contribution in [0.1, 0.15) is 22.7 Å². The third-order valence-corrected chi connectivity index (χ3v) is 7.24. The minimum atomic E-state index is -3.50. The van der Waals surface area contributed by atoms with Gasteiger partial charge in [0.05, 0.1) is 10.4 Å². The van der Waals surface area contributed by atoms with Crippen LogP contribution in [0.3, 0.4) is 0 Å². The first-order valence-corrected chi connectivity index (χ1v) is 9.48. The first-order valence-electron chi connectivity index (χ1n) is 5.98. The van der Waals surface area contributed by atoms with E-state index in [0.29, 0.717) is 21.5 Å². The predicted octanol–water partition coefficient (Wildman–Crippen LogP) is 3.00. The number of rotatable bonds is 6. The molecule has 8 heteroatoms. The van der Waals surface area contributed by atoms with Gasteiger partial charge in [0.15, 0.2) is 0 Å². The lowest BCUT2D eigenvalue weighted by molar-refractivity contribution is 0.570. The van der Waals surface area contributed by atoms with Crippen LogP contribution in [0.4, 0.5) is 0 Å². The third-order valence-electron chi connectivity index (χ3n) is 2.65. The van der Waals surface area contributed by atoms with Crippen molar-refractivity contribution in [2.75, 3.05) is 6.54 Å². The number of sulfonamides is 1. The molecule has 110 valence electrons. The monoisotopic (exact) mass is 350 g/mol. The van der Waals surface area contributed by atoms with Crippen molar-refractivity contribution in [2.45, 2.75) is 23.6 Å². The van der Waals surface area contributed by atoms with Crippen molar-refractivity contribution < 1.29 is 8.42 Å². The molecule has 0 aliphatic carbocycles. The standard InChI is InChI=1S/C12H15ClN2O2S3/c1-8(10-3-4-11(13)19-10)15-20(16,17)12-5-2-9(18-12)6-7-14/h2-5,8,15H,6-7,14H2,1H3. The summed E-state index contributed by atoms with van der Waals surface area (Å²) in [6.45, 7) is 2.31. The van der Waals surface area contributed by atoms with Gasteiger partial charge in [0.2, 0.25) is 0 Å². The van der Waals surface area contributed by atoms with E-state index in [4.69, 9.17) is 17.3 Å². The van der Waals surface area contributed by atoms with E-state index in [9.17, 15) is 8.42 Å². The van der Waals surface area contributed by atoms with Gasteiger partial charge in [0, 0.05) is 9.75 Å². The van der Waals surface area contributed by atoms with Crippen molar-refractivity contribution in [1.29, 1.82) is 0 Å². The molecule has 0 saturated heterocycles. The number of nitrogens with one attached hydrogen (secondary N) is 1. The number of thiophene rings is 2. The maximum Gasteiger partial charge on any atom is 0.250 e. The highest BCUT2D eigenvalue weighted by atomic mass is 35.5. The lowest BCUT2D eigenvalue weighted by Crippen LogP contribution is -2.25. The van der Waals surface area contributed by atoms with Crippen LogP contribution in [-0.4, -0.2) is 15.0 Å². The van der Waals surface area contributed by atoms with Crippen LogP contribution in [0.25, 0.3) is 0 Å². The van der Waals surface area contributed by atoms with E-state index in [-0.39, 0.29) is 6.04 Å². The van der Waals surface area contributed by atoms with E-state index in [1.165, 1.54) is 22.7 Å². The second kappa shape index (κ2) is 6.55. The highest BCUT2D eigenvalue weighted by Crippen LogP contribution is 2.29. The topological polar surface area (TPSA) is 72.2 Å². The van der Waals surface area contributed by atoms with Crippen LogP contribution in [0.5, 0.6) is 0 Å². The van der Waals surface area contributed by atoms with Crippen molar-refractivity contribution in [1.82, 2.24) is 4.72 Å². The molecule has 0 aromatic carbocycles. The Hall–Kier alpha value is -0.440. The second-order valence-electron chi connectivity index (χ2n) is 4.24. The Morgan fingerprint density at radius 2 is 2.05 bits per heavy atom. The summed E-state index contributed by atoms with van der Waals surface area (Å²) in [5, 5.41) is 0. The maximum atomic E-state index is 12.3. The van der Waals surface area contributed by atoms with Crippen molar-refractivity contribution in [3.63, 3.8) is 0 Å². The fourth-order valence-electron chi connectivity index (χ4n) is 1.69. The molecule has 1 unspecified atom stereocenters. The highest BCUT2D eigenvalue weighted by molar-refractivity contribution is 7.91. The lowest BCUT2D eigenvalue weighted by Gasteiger charge is -2.11. The lowest BCUT2D eigenvalue weighted by atomic mass is 10.3. The first-order chi connectivity index (χ1) is 9.42. The predicted molar refractivity (Wildman–Crippen MR) is 85.1 cm³/mol. The number of halogens is 1. The number of hydrogen-bond acceptors (Lipinski definition) is 5. The smallest absolute Gasteiger partial charge is 0.250 e. The van der Waals surface area contributed by atoms with E-state index in [2.05, 4.69) is 4.72 Å². The van der Waals surface area contributed by atoms with E-state index in [1.54, 1.807) is 25.1 Å². The van der Waals surface area contributed by atoms with Crippen molar-refractivity contribution in [2.24, 2.45) is 5.73 Å². The summed E-state index contributed by atoms with van der Waals surface area (Å²) in [4.78, 5) is 1.86. The Labute approximate surface area is 131 Å². The molecular formula is C12H15ClN2O2S3. The number of nitrogens with two attached hydrogens (primary N) is 1. The van der Waals surface area contributed by atoms with Crippen LogP contribution in [0, 0.1) is 0 Å². The van der Waals surface area contributed by atoms with Gasteiger partial charge in [-0.2, -0.15) is 0 Å². The zero-order valence-corrected chi connectivity index (χ0v) is 14.0. The fraction of sp³-hybridized carbons (Fsp3) is 0.333. The Morgan fingerprint density at radius 1 is 1.30 bits per heavy atom. The molecule has 0 bridgehead atoms. The highest BCUT2D eigenvalue weighted by Gasteiger charge is 2.21. The molecule has 0 radical (unpaired) electrons. The van der Waals surface area contributed by atoms with Gasteiger partial charge in [0.25, 0.3) is 10.0 Å². The molecule has 0 saturated carbocycles. The summed E-state index contributed by atoms with van der Waals surface area (Å²) in [6, 6.07) is 6.70. The van der Waals surface area contributed by atoms with Gasteiger partial charge >= 0.3 is 0 Å². The normalized spacial score (nSPS) is 13.6. The van der Waals surface area contributed by atoms with Gasteiger partial charge in [-0.1, -0.05) is 11.6 Å². The zero-order chi connectivity index (χ0) is 14.8. The summed E-state index contributed by atoms with van der Waals surface area (Å²) in [7, 11) is -3.50. The molecule has 20 heavy (non-hydrogen) atoms. The van der Waals surface area contributed by atoms with Crippen molar-refractivity contribution in [3.05, 3.63) is 38.4 Å². The van der Waals surface area contributed by atoms with Crippen LogP contribution in [0.2, 0.25) is 4.34 Å². The quantitative estimate of drug-likeness (QED) is 0.841. The molecule has 2 aromatic rings. The summed E-state index contributed by atoms with van der Waals surface area (Å²) in [5.41, 5.74) is 5.47. The molecule has 1 atom stereocenters. The summed E-state index contributed by atoms with van der Waals surface area (Å²) >= 11 is 8.49. The van der Waals surface area contributed by atoms with E-state index < -0.39 is 10.0 Å².